The Labute approximate surface area is 175 Å². The molecule has 3 rings (SSSR count). The molecule has 28 heavy (non-hydrogen) atoms. The third-order valence-electron chi connectivity index (χ3n) is 5.00. The predicted molar refractivity (Wildman–Crippen MR) is 114 cm³/mol. The Balaban J connectivity index is 1.60. The van der Waals surface area contributed by atoms with Crippen molar-refractivity contribution in [2.75, 3.05) is 23.7 Å². The average molecular weight is 420 g/mol. The zero-order valence-electron chi connectivity index (χ0n) is 15.6. The highest BCUT2D eigenvalue weighted by atomic mass is 35.5. The van der Waals surface area contributed by atoms with Gasteiger partial charge in [-0.25, -0.2) is 0 Å². The van der Waals surface area contributed by atoms with Crippen LogP contribution in [0.1, 0.15) is 19.8 Å². The van der Waals surface area contributed by atoms with E-state index < -0.39 is 0 Å². The molecule has 0 saturated carbocycles. The quantitative estimate of drug-likeness (QED) is 0.739. The van der Waals surface area contributed by atoms with Gasteiger partial charge in [-0.05, 0) is 50.6 Å². The molecule has 7 heteroatoms. The molecule has 0 unspecified atom stereocenters. The number of hydrogen-bond donors (Lipinski definition) is 2. The molecule has 2 amide bonds. The van der Waals surface area contributed by atoms with Crippen LogP contribution in [0.3, 0.4) is 0 Å². The molecule has 2 atom stereocenters. The smallest absolute Gasteiger partial charge is 0.241 e. The Morgan fingerprint density at radius 2 is 1.82 bits per heavy atom. The van der Waals surface area contributed by atoms with Crippen molar-refractivity contribution in [3.63, 3.8) is 0 Å². The van der Waals surface area contributed by atoms with Crippen LogP contribution < -0.4 is 10.6 Å². The van der Waals surface area contributed by atoms with E-state index >= 15 is 0 Å². The van der Waals surface area contributed by atoms with Gasteiger partial charge >= 0.3 is 0 Å². The monoisotopic (exact) mass is 419 g/mol. The molecule has 5 nitrogen and oxygen atoms in total. The van der Waals surface area contributed by atoms with E-state index in [2.05, 4.69) is 10.6 Å². The summed E-state index contributed by atoms with van der Waals surface area (Å²) >= 11 is 12.2. The third kappa shape index (κ3) is 5.04. The summed E-state index contributed by atoms with van der Waals surface area (Å²) < 4.78 is 0. The molecule has 0 aromatic heterocycles. The number of nitrogens with zero attached hydrogens (tertiary/aromatic N) is 1. The first-order valence-electron chi connectivity index (χ1n) is 9.30. The summed E-state index contributed by atoms with van der Waals surface area (Å²) in [4.78, 5) is 27.3. The molecule has 2 aromatic rings. The van der Waals surface area contributed by atoms with Gasteiger partial charge < -0.3 is 10.6 Å². The lowest BCUT2D eigenvalue weighted by atomic mass is 9.95. The molecule has 1 fully saturated rings. The van der Waals surface area contributed by atoms with Crippen LogP contribution in [0.15, 0.2) is 48.5 Å². The Morgan fingerprint density at radius 1 is 1.07 bits per heavy atom. The molecular weight excluding hydrogens is 397 g/mol. The predicted octanol–water partition coefficient (Wildman–Crippen LogP) is 4.67. The van der Waals surface area contributed by atoms with Gasteiger partial charge in [0.1, 0.15) is 0 Å². The van der Waals surface area contributed by atoms with Crippen molar-refractivity contribution in [3.8, 4) is 0 Å². The second kappa shape index (κ2) is 9.41. The van der Waals surface area contributed by atoms with Gasteiger partial charge in [0.2, 0.25) is 11.8 Å². The molecule has 0 aliphatic carbocycles. The van der Waals surface area contributed by atoms with Crippen LogP contribution in [0.2, 0.25) is 10.0 Å². The van der Waals surface area contributed by atoms with E-state index in [0.29, 0.717) is 22.3 Å². The van der Waals surface area contributed by atoms with Crippen molar-refractivity contribution in [1.82, 2.24) is 4.90 Å². The van der Waals surface area contributed by atoms with E-state index in [9.17, 15) is 9.59 Å². The van der Waals surface area contributed by atoms with Crippen LogP contribution in [0.4, 0.5) is 11.4 Å². The minimum Gasteiger partial charge on any atom is -0.326 e. The summed E-state index contributed by atoms with van der Waals surface area (Å²) in [7, 11) is 0. The molecule has 1 saturated heterocycles. The number of nitrogens with one attached hydrogen (secondary N) is 2. The van der Waals surface area contributed by atoms with Crippen molar-refractivity contribution < 1.29 is 9.59 Å². The maximum absolute atomic E-state index is 12.7. The first kappa shape index (κ1) is 20.6. The maximum Gasteiger partial charge on any atom is 0.241 e. The van der Waals surface area contributed by atoms with Crippen molar-refractivity contribution >= 4 is 46.4 Å². The molecule has 1 aliphatic heterocycles. The zero-order valence-corrected chi connectivity index (χ0v) is 17.1. The van der Waals surface area contributed by atoms with Crippen LogP contribution in [-0.2, 0) is 9.59 Å². The molecule has 0 spiro atoms. The summed E-state index contributed by atoms with van der Waals surface area (Å²) in [5.74, 6) is -0.339. The highest BCUT2D eigenvalue weighted by molar-refractivity contribution is 6.44. The fourth-order valence-electron chi connectivity index (χ4n) is 3.34. The highest BCUT2D eigenvalue weighted by Gasteiger charge is 2.31. The van der Waals surface area contributed by atoms with Gasteiger partial charge in [0.25, 0.3) is 0 Å². The van der Waals surface area contributed by atoms with Crippen LogP contribution in [-0.4, -0.2) is 35.8 Å². The fourth-order valence-corrected chi connectivity index (χ4v) is 3.69. The van der Waals surface area contributed by atoms with Gasteiger partial charge in [-0.1, -0.05) is 47.5 Å². The second-order valence-electron chi connectivity index (χ2n) is 6.96. The number of carbonyl (C=O) groups excluding carboxylic acids is 2. The Kier molecular flexibility index (Phi) is 6.94. The van der Waals surface area contributed by atoms with Crippen LogP contribution in [0.5, 0.6) is 0 Å². The first-order valence-corrected chi connectivity index (χ1v) is 10.1. The fraction of sp³-hybridized carbons (Fsp3) is 0.333. The first-order chi connectivity index (χ1) is 13.5. The molecular formula is C21H23Cl2N3O2. The Hall–Kier alpha value is -2.08. The SMILES string of the molecule is C[C@@H](C(=O)Nc1cccc(Cl)c1Cl)N1CCC[C@H](C(=O)Nc2ccccc2)C1. The van der Waals surface area contributed by atoms with E-state index in [1.165, 1.54) is 0 Å². The average Bonchev–Trinajstić information content (AvgIpc) is 2.71. The summed E-state index contributed by atoms with van der Waals surface area (Å²) in [6.45, 7) is 3.15. The van der Waals surface area contributed by atoms with E-state index in [0.717, 1.165) is 25.1 Å². The van der Waals surface area contributed by atoms with Crippen molar-refractivity contribution in [2.45, 2.75) is 25.8 Å². The topological polar surface area (TPSA) is 61.4 Å². The highest BCUT2D eigenvalue weighted by Crippen LogP contribution is 2.30. The van der Waals surface area contributed by atoms with Gasteiger partial charge in [0, 0.05) is 12.2 Å². The summed E-state index contributed by atoms with van der Waals surface area (Å²) in [5.41, 5.74) is 1.27. The molecule has 148 valence electrons. The number of amides is 2. The third-order valence-corrected chi connectivity index (χ3v) is 5.82. The van der Waals surface area contributed by atoms with Crippen LogP contribution in [0.25, 0.3) is 0 Å². The number of hydrogen-bond acceptors (Lipinski definition) is 3. The van der Waals surface area contributed by atoms with E-state index in [4.69, 9.17) is 23.2 Å². The lowest BCUT2D eigenvalue weighted by Gasteiger charge is -2.35. The minimum atomic E-state index is -0.387. The van der Waals surface area contributed by atoms with E-state index in [1.54, 1.807) is 18.2 Å². The van der Waals surface area contributed by atoms with Crippen LogP contribution in [0, 0.1) is 5.92 Å². The van der Waals surface area contributed by atoms with E-state index in [-0.39, 0.29) is 23.8 Å². The number of anilines is 2. The second-order valence-corrected chi connectivity index (χ2v) is 7.74. The van der Waals surface area contributed by atoms with Crippen molar-refractivity contribution in [2.24, 2.45) is 5.92 Å². The zero-order chi connectivity index (χ0) is 20.1. The maximum atomic E-state index is 12.7. The molecule has 1 aliphatic rings. The lowest BCUT2D eigenvalue weighted by molar-refractivity contribution is -0.125. The largest absolute Gasteiger partial charge is 0.326 e. The summed E-state index contributed by atoms with van der Waals surface area (Å²) in [5, 5.41) is 6.50. The number of para-hydroxylation sites is 1. The van der Waals surface area contributed by atoms with E-state index in [1.807, 2.05) is 42.2 Å². The molecule has 0 radical (unpaired) electrons. The normalized spacial score (nSPS) is 18.3. The number of benzene rings is 2. The van der Waals surface area contributed by atoms with Crippen molar-refractivity contribution in [1.29, 1.82) is 0 Å². The minimum absolute atomic E-state index is 0.0126. The van der Waals surface area contributed by atoms with Gasteiger partial charge in [-0.3, -0.25) is 14.5 Å². The van der Waals surface area contributed by atoms with Gasteiger partial charge in [-0.2, -0.15) is 0 Å². The number of carbonyl (C=O) groups is 2. The number of piperidine rings is 1. The Morgan fingerprint density at radius 3 is 2.57 bits per heavy atom. The molecule has 1 heterocycles. The molecule has 2 aromatic carbocycles. The summed E-state index contributed by atoms with van der Waals surface area (Å²) in [6.07, 6.45) is 1.67. The van der Waals surface area contributed by atoms with Crippen molar-refractivity contribution in [3.05, 3.63) is 58.6 Å². The van der Waals surface area contributed by atoms with Crippen LogP contribution >= 0.6 is 23.2 Å². The molecule has 2 N–H and O–H groups in total. The van der Waals surface area contributed by atoms with Gasteiger partial charge in [0.05, 0.1) is 27.7 Å². The molecule has 0 bridgehead atoms. The lowest BCUT2D eigenvalue weighted by Crippen LogP contribution is -2.49. The standard InChI is InChI=1S/C21H23Cl2N3O2/c1-14(20(27)25-18-11-5-10-17(22)19(18)23)26-12-6-7-15(13-26)21(28)24-16-8-3-2-4-9-16/h2-5,8-11,14-15H,6-7,12-13H2,1H3,(H,24,28)(H,25,27)/t14-,15-/m0/s1. The number of rotatable bonds is 5. The number of halogens is 2. The number of likely N-dealkylation sites (tertiary alicyclic amines) is 1. The van der Waals surface area contributed by atoms with Gasteiger partial charge in [0.15, 0.2) is 0 Å². The van der Waals surface area contributed by atoms with Gasteiger partial charge in [-0.15, -0.1) is 0 Å². The Bertz CT molecular complexity index is 845. The summed E-state index contributed by atoms with van der Waals surface area (Å²) in [6, 6.07) is 14.1.